The van der Waals surface area contributed by atoms with Gasteiger partial charge in [-0.15, -0.1) is 11.3 Å². The zero-order valence-electron chi connectivity index (χ0n) is 12.4. The van der Waals surface area contributed by atoms with E-state index >= 15 is 0 Å². The molecule has 7 heteroatoms. The van der Waals surface area contributed by atoms with Crippen LogP contribution in [0.5, 0.6) is 0 Å². The molecule has 3 rings (SSSR count). The lowest BCUT2D eigenvalue weighted by atomic mass is 10.1. The molecule has 3 aromatic rings. The summed E-state index contributed by atoms with van der Waals surface area (Å²) in [5, 5.41) is 11.5. The van der Waals surface area contributed by atoms with Crippen LogP contribution in [0.1, 0.15) is 6.92 Å². The van der Waals surface area contributed by atoms with Crippen LogP contribution in [0, 0.1) is 17.1 Å². The maximum atomic E-state index is 13.1. The van der Waals surface area contributed by atoms with E-state index in [9.17, 15) is 9.18 Å². The molecule has 2 heterocycles. The largest absolute Gasteiger partial charge is 0.290 e. The number of nitriles is 1. The smallest absolute Gasteiger partial charge is 0.263 e. The summed E-state index contributed by atoms with van der Waals surface area (Å²) >= 11 is 2.62. The molecule has 116 valence electrons. The number of aromatic nitrogens is 2. The molecule has 4 nitrogen and oxygen atoms in total. The van der Waals surface area contributed by atoms with Crippen LogP contribution in [0.15, 0.2) is 39.6 Å². The molecule has 0 saturated carbocycles. The number of rotatable bonds is 3. The van der Waals surface area contributed by atoms with E-state index in [1.165, 1.54) is 39.8 Å². The molecule has 0 aliphatic heterocycles. The van der Waals surface area contributed by atoms with Crippen LogP contribution in [0.4, 0.5) is 4.39 Å². The summed E-state index contributed by atoms with van der Waals surface area (Å²) in [6, 6.07) is 8.16. The molecule has 0 amide bonds. The minimum absolute atomic E-state index is 0.164. The second kappa shape index (κ2) is 6.14. The zero-order chi connectivity index (χ0) is 16.6. The third kappa shape index (κ3) is 2.87. The van der Waals surface area contributed by atoms with Crippen molar-refractivity contribution >= 4 is 33.3 Å². The van der Waals surface area contributed by atoms with Crippen molar-refractivity contribution in [2.75, 3.05) is 0 Å². The van der Waals surface area contributed by atoms with Crippen LogP contribution >= 0.6 is 23.1 Å². The Bertz CT molecular complexity index is 970. The zero-order valence-corrected chi connectivity index (χ0v) is 14.0. The van der Waals surface area contributed by atoms with E-state index in [0.717, 1.165) is 11.1 Å². The molecule has 0 radical (unpaired) electrons. The molecule has 0 aliphatic carbocycles. The summed E-state index contributed by atoms with van der Waals surface area (Å²) in [6.07, 6.45) is 0. The van der Waals surface area contributed by atoms with Gasteiger partial charge in [0.05, 0.1) is 16.7 Å². The quantitative estimate of drug-likeness (QED) is 0.535. The number of nitrogens with zero attached hydrogens (tertiary/aromatic N) is 3. The number of thiophene rings is 1. The van der Waals surface area contributed by atoms with Crippen LogP contribution in [0.3, 0.4) is 0 Å². The molecule has 1 atom stereocenters. The lowest BCUT2D eigenvalue weighted by Gasteiger charge is -2.08. The van der Waals surface area contributed by atoms with E-state index in [1.807, 2.05) is 5.38 Å². The molecule has 0 aliphatic rings. The average Bonchev–Trinajstić information content (AvgIpc) is 2.96. The predicted octanol–water partition coefficient (Wildman–Crippen LogP) is 3.81. The Morgan fingerprint density at radius 1 is 1.39 bits per heavy atom. The van der Waals surface area contributed by atoms with E-state index in [0.29, 0.717) is 15.4 Å². The standard InChI is InChI=1S/C16H12FN3OS2/c1-9(7-18)23-16-19-14-13(15(21)20(16)2)12(8-22-14)10-3-5-11(17)6-4-10/h3-6,8-9H,1-2H3/t9-/m1/s1. The third-order valence-corrected chi connectivity index (χ3v) is 5.30. The van der Waals surface area contributed by atoms with Crippen LogP contribution in [0.2, 0.25) is 0 Å². The van der Waals surface area contributed by atoms with E-state index in [1.54, 1.807) is 26.1 Å². The molecule has 0 spiro atoms. The molecular formula is C16H12FN3OS2. The fraction of sp³-hybridized carbons (Fsp3) is 0.188. The normalized spacial score (nSPS) is 12.3. The van der Waals surface area contributed by atoms with Gasteiger partial charge in [0.15, 0.2) is 5.16 Å². The maximum absolute atomic E-state index is 13.1. The van der Waals surface area contributed by atoms with Gasteiger partial charge in [0.25, 0.3) is 5.56 Å². The van der Waals surface area contributed by atoms with E-state index in [-0.39, 0.29) is 16.6 Å². The van der Waals surface area contributed by atoms with E-state index < -0.39 is 0 Å². The summed E-state index contributed by atoms with van der Waals surface area (Å²) in [4.78, 5) is 17.8. The Balaban J connectivity index is 2.18. The molecule has 1 aromatic carbocycles. The Morgan fingerprint density at radius 2 is 2.09 bits per heavy atom. The molecule has 2 aromatic heterocycles. The number of hydrogen-bond acceptors (Lipinski definition) is 5. The van der Waals surface area contributed by atoms with Gasteiger partial charge >= 0.3 is 0 Å². The topological polar surface area (TPSA) is 58.7 Å². The van der Waals surface area contributed by atoms with Gasteiger partial charge in [-0.1, -0.05) is 23.9 Å². The van der Waals surface area contributed by atoms with Crippen molar-refractivity contribution in [1.82, 2.24) is 9.55 Å². The summed E-state index contributed by atoms with van der Waals surface area (Å²) < 4.78 is 14.5. The van der Waals surface area contributed by atoms with E-state index in [2.05, 4.69) is 11.1 Å². The second-order valence-corrected chi connectivity index (χ2v) is 7.15. The van der Waals surface area contributed by atoms with Crippen molar-refractivity contribution < 1.29 is 4.39 Å². The lowest BCUT2D eigenvalue weighted by molar-refractivity contribution is 0.628. The maximum Gasteiger partial charge on any atom is 0.263 e. The average molecular weight is 345 g/mol. The Hall–Kier alpha value is -2.17. The van der Waals surface area contributed by atoms with Crippen molar-refractivity contribution in [3.8, 4) is 17.2 Å². The number of hydrogen-bond donors (Lipinski definition) is 0. The molecule has 0 saturated heterocycles. The molecular weight excluding hydrogens is 333 g/mol. The van der Waals surface area contributed by atoms with Crippen molar-refractivity contribution in [3.05, 3.63) is 45.8 Å². The minimum atomic E-state index is -0.316. The van der Waals surface area contributed by atoms with Crippen LogP contribution in [0.25, 0.3) is 21.3 Å². The van der Waals surface area contributed by atoms with Gasteiger partial charge in [0.2, 0.25) is 0 Å². The van der Waals surface area contributed by atoms with Crippen molar-refractivity contribution in [2.24, 2.45) is 7.05 Å². The number of benzene rings is 1. The highest BCUT2D eigenvalue weighted by Crippen LogP contribution is 2.32. The monoisotopic (exact) mass is 345 g/mol. The number of thioether (sulfide) groups is 1. The summed E-state index contributed by atoms with van der Waals surface area (Å²) in [5.41, 5.74) is 1.37. The highest BCUT2D eigenvalue weighted by molar-refractivity contribution is 8.00. The van der Waals surface area contributed by atoms with Crippen molar-refractivity contribution in [2.45, 2.75) is 17.3 Å². The SMILES string of the molecule is C[C@H](C#N)Sc1nc2scc(-c3ccc(F)cc3)c2c(=O)n1C. The first-order valence-electron chi connectivity index (χ1n) is 6.81. The van der Waals surface area contributed by atoms with Gasteiger partial charge < -0.3 is 0 Å². The van der Waals surface area contributed by atoms with Gasteiger partial charge in [-0.2, -0.15) is 5.26 Å². The molecule has 23 heavy (non-hydrogen) atoms. The molecule has 0 N–H and O–H groups in total. The van der Waals surface area contributed by atoms with Gasteiger partial charge in [-0.05, 0) is 24.6 Å². The van der Waals surface area contributed by atoms with Gasteiger partial charge in [-0.25, -0.2) is 9.37 Å². The summed E-state index contributed by atoms with van der Waals surface area (Å²) in [6.45, 7) is 1.76. The molecule has 0 fully saturated rings. The fourth-order valence-corrected chi connectivity index (χ4v) is 3.93. The first kappa shape index (κ1) is 15.7. The molecule has 0 unspecified atom stereocenters. The fourth-order valence-electron chi connectivity index (χ4n) is 2.18. The highest BCUT2D eigenvalue weighted by Gasteiger charge is 2.17. The number of fused-ring (bicyclic) bond motifs is 1. The first-order chi connectivity index (χ1) is 11.0. The summed E-state index contributed by atoms with van der Waals surface area (Å²) in [5.74, 6) is -0.316. The van der Waals surface area contributed by atoms with Crippen LogP contribution in [-0.4, -0.2) is 14.8 Å². The van der Waals surface area contributed by atoms with Gasteiger partial charge in [0, 0.05) is 18.0 Å². The van der Waals surface area contributed by atoms with Gasteiger partial charge in [-0.3, -0.25) is 9.36 Å². The Labute approximate surface area is 140 Å². The summed E-state index contributed by atoms with van der Waals surface area (Å²) in [7, 11) is 1.65. The lowest BCUT2D eigenvalue weighted by Crippen LogP contribution is -2.20. The molecule has 0 bridgehead atoms. The van der Waals surface area contributed by atoms with Gasteiger partial charge in [0.1, 0.15) is 10.6 Å². The minimum Gasteiger partial charge on any atom is -0.290 e. The van der Waals surface area contributed by atoms with Crippen molar-refractivity contribution in [1.29, 1.82) is 5.26 Å². The Kier molecular flexibility index (Phi) is 4.20. The van der Waals surface area contributed by atoms with E-state index in [4.69, 9.17) is 5.26 Å². The predicted molar refractivity (Wildman–Crippen MR) is 91.2 cm³/mol. The first-order valence-corrected chi connectivity index (χ1v) is 8.57. The highest BCUT2D eigenvalue weighted by atomic mass is 32.2. The number of halogens is 1. The third-order valence-electron chi connectivity index (χ3n) is 3.39. The van der Waals surface area contributed by atoms with Crippen LogP contribution < -0.4 is 5.56 Å². The van der Waals surface area contributed by atoms with Crippen LogP contribution in [-0.2, 0) is 7.05 Å². The second-order valence-electron chi connectivity index (χ2n) is 4.98. The Morgan fingerprint density at radius 3 is 2.74 bits per heavy atom. The van der Waals surface area contributed by atoms with Crippen molar-refractivity contribution in [3.63, 3.8) is 0 Å².